The zero-order valence-corrected chi connectivity index (χ0v) is 22.6. The van der Waals surface area contributed by atoms with Crippen LogP contribution in [0.5, 0.6) is 5.88 Å². The number of aryl methyl sites for hydroxylation is 2. The summed E-state index contributed by atoms with van der Waals surface area (Å²) >= 11 is 0. The number of nitrogens with two attached hydrogens (primary N) is 1. The van der Waals surface area contributed by atoms with Crippen LogP contribution in [0.4, 0.5) is 18.9 Å². The van der Waals surface area contributed by atoms with Crippen molar-refractivity contribution in [3.05, 3.63) is 93.7 Å². The third-order valence-electron chi connectivity index (χ3n) is 6.43. The van der Waals surface area contributed by atoms with E-state index in [0.717, 1.165) is 12.1 Å². The van der Waals surface area contributed by atoms with Gasteiger partial charge in [-0.3, -0.25) is 9.59 Å². The molecular formula is C28H24F3N7O4. The van der Waals surface area contributed by atoms with E-state index in [-0.39, 0.29) is 45.9 Å². The van der Waals surface area contributed by atoms with Crippen LogP contribution in [0.2, 0.25) is 0 Å². The number of halogens is 3. The molecule has 0 radical (unpaired) electrons. The lowest BCUT2D eigenvalue weighted by Gasteiger charge is -2.13. The Kier molecular flexibility index (Phi) is 7.06. The first-order chi connectivity index (χ1) is 19.9. The minimum atomic E-state index is -4.78. The second kappa shape index (κ2) is 10.5. The summed E-state index contributed by atoms with van der Waals surface area (Å²) in [5, 5.41) is 11.1. The summed E-state index contributed by atoms with van der Waals surface area (Å²) in [6, 6.07) is 13.8. The normalized spacial score (nSPS) is 11.6. The number of hydrogen-bond donors (Lipinski definition) is 2. The monoisotopic (exact) mass is 579 g/mol. The molecule has 2 amide bonds. The Morgan fingerprint density at radius 2 is 1.71 bits per heavy atom. The lowest BCUT2D eigenvalue weighted by Crippen LogP contribution is -2.21. The minimum absolute atomic E-state index is 0.0414. The minimum Gasteiger partial charge on any atom is -0.477 e. The number of nitrogens with zero attached hydrogens (tertiary/aromatic N) is 5. The van der Waals surface area contributed by atoms with E-state index in [1.54, 1.807) is 38.1 Å². The van der Waals surface area contributed by atoms with Gasteiger partial charge in [-0.05, 0) is 68.4 Å². The smallest absolute Gasteiger partial charge is 0.416 e. The number of carbonyl (C=O) groups is 2. The number of fused-ring (bicyclic) bond motifs is 1. The first-order valence-corrected chi connectivity index (χ1v) is 12.6. The van der Waals surface area contributed by atoms with Gasteiger partial charge in [-0.1, -0.05) is 6.07 Å². The first-order valence-electron chi connectivity index (χ1n) is 12.6. The number of rotatable bonds is 7. The quantitative estimate of drug-likeness (QED) is 0.299. The molecule has 2 heterocycles. The lowest BCUT2D eigenvalue weighted by molar-refractivity contribution is -0.137. The van der Waals surface area contributed by atoms with Crippen molar-refractivity contribution in [3.8, 4) is 17.3 Å². The average molecular weight is 580 g/mol. The van der Waals surface area contributed by atoms with Crippen LogP contribution in [0.15, 0.2) is 65.5 Å². The second-order valence-electron chi connectivity index (χ2n) is 9.27. The maximum atomic E-state index is 13.9. The maximum absolute atomic E-state index is 13.9. The fraction of sp³-hybridized carbons (Fsp3) is 0.179. The van der Waals surface area contributed by atoms with Gasteiger partial charge in [0.15, 0.2) is 0 Å². The number of carbonyl (C=O) groups excluding carboxylic acids is 2. The standard InChI is InChI=1S/C28H24F3N7O4/c1-4-42-26-23-21(25(40)33-18-7-5-6-16(12-18)24(32)39)13-17(28(29,30)31)14-22(23)35-38(26)20-10-8-19(9-11-20)37-15(2)34-36(3)27(37)41/h5-14H,4H2,1-3H3,(H2,32,39)(H,33,40). The van der Waals surface area contributed by atoms with Crippen LogP contribution in [0.1, 0.15) is 39.0 Å². The summed E-state index contributed by atoms with van der Waals surface area (Å²) in [4.78, 5) is 37.5. The van der Waals surface area contributed by atoms with E-state index >= 15 is 0 Å². The van der Waals surface area contributed by atoms with Gasteiger partial charge in [-0.15, -0.1) is 0 Å². The zero-order valence-electron chi connectivity index (χ0n) is 22.6. The Bertz CT molecular complexity index is 1900. The van der Waals surface area contributed by atoms with Crippen molar-refractivity contribution in [2.45, 2.75) is 20.0 Å². The number of alkyl halides is 3. The highest BCUT2D eigenvalue weighted by Gasteiger charge is 2.34. The van der Waals surface area contributed by atoms with Crippen molar-refractivity contribution in [2.24, 2.45) is 12.8 Å². The molecule has 3 N–H and O–H groups in total. The van der Waals surface area contributed by atoms with Crippen molar-refractivity contribution in [2.75, 3.05) is 11.9 Å². The van der Waals surface area contributed by atoms with Crippen molar-refractivity contribution in [3.63, 3.8) is 0 Å². The van der Waals surface area contributed by atoms with Crippen molar-refractivity contribution in [1.82, 2.24) is 24.1 Å². The van der Waals surface area contributed by atoms with Gasteiger partial charge in [0, 0.05) is 18.3 Å². The number of ether oxygens (including phenoxy) is 1. The lowest BCUT2D eigenvalue weighted by atomic mass is 10.0. The number of benzene rings is 3. The third kappa shape index (κ3) is 5.09. The number of aromatic nitrogens is 5. The number of nitrogens with one attached hydrogen (secondary N) is 1. The molecule has 42 heavy (non-hydrogen) atoms. The largest absolute Gasteiger partial charge is 0.477 e. The number of amides is 2. The highest BCUT2D eigenvalue weighted by atomic mass is 19.4. The van der Waals surface area contributed by atoms with Gasteiger partial charge >= 0.3 is 11.9 Å². The van der Waals surface area contributed by atoms with Crippen molar-refractivity contribution >= 4 is 28.4 Å². The molecular weight excluding hydrogens is 555 g/mol. The Balaban J connectivity index is 1.65. The molecule has 0 saturated heterocycles. The van der Waals surface area contributed by atoms with Gasteiger partial charge in [-0.2, -0.15) is 28.1 Å². The van der Waals surface area contributed by atoms with Gasteiger partial charge in [0.1, 0.15) is 5.82 Å². The maximum Gasteiger partial charge on any atom is 0.416 e. The molecule has 0 atom stereocenters. The highest BCUT2D eigenvalue weighted by molar-refractivity contribution is 6.14. The van der Waals surface area contributed by atoms with E-state index in [9.17, 15) is 27.6 Å². The molecule has 216 valence electrons. The number of primary amides is 1. The Morgan fingerprint density at radius 3 is 2.31 bits per heavy atom. The van der Waals surface area contributed by atoms with Crippen LogP contribution >= 0.6 is 0 Å². The molecule has 0 fully saturated rings. The van der Waals surface area contributed by atoms with E-state index in [4.69, 9.17) is 10.5 Å². The van der Waals surface area contributed by atoms with Gasteiger partial charge in [0.25, 0.3) is 5.91 Å². The molecule has 5 rings (SSSR count). The third-order valence-corrected chi connectivity index (χ3v) is 6.43. The van der Waals surface area contributed by atoms with Crippen LogP contribution in [0, 0.1) is 6.92 Å². The van der Waals surface area contributed by atoms with Crippen LogP contribution < -0.4 is 21.5 Å². The molecule has 0 aliphatic heterocycles. The Morgan fingerprint density at radius 1 is 1.02 bits per heavy atom. The van der Waals surface area contributed by atoms with Crippen LogP contribution in [0.3, 0.4) is 0 Å². The molecule has 11 nitrogen and oxygen atoms in total. The van der Waals surface area contributed by atoms with Gasteiger partial charge in [0.05, 0.1) is 40.0 Å². The summed E-state index contributed by atoms with van der Waals surface area (Å²) in [5.41, 5.74) is 4.59. The SMILES string of the molecule is CCOc1c2c(C(=O)Nc3cccc(C(N)=O)c3)cc(C(F)(F)F)cc2nn1-c1ccc(-n2c(C)nn(C)c2=O)cc1. The number of hydrogen-bond acceptors (Lipinski definition) is 6. The predicted molar refractivity (Wildman–Crippen MR) is 147 cm³/mol. The summed E-state index contributed by atoms with van der Waals surface area (Å²) in [6.45, 7) is 3.48. The summed E-state index contributed by atoms with van der Waals surface area (Å²) < 4.78 is 51.4. The Hall–Kier alpha value is -5.40. The van der Waals surface area contributed by atoms with E-state index in [1.807, 2.05) is 0 Å². The zero-order chi connectivity index (χ0) is 30.3. The summed E-state index contributed by atoms with van der Waals surface area (Å²) in [5.74, 6) is -1.11. The van der Waals surface area contributed by atoms with E-state index < -0.39 is 23.6 Å². The first kappa shape index (κ1) is 28.1. The predicted octanol–water partition coefficient (Wildman–Crippen LogP) is 3.99. The van der Waals surface area contributed by atoms with E-state index in [2.05, 4.69) is 15.5 Å². The summed E-state index contributed by atoms with van der Waals surface area (Å²) in [6.07, 6.45) is -4.78. The molecule has 3 aromatic carbocycles. The molecule has 0 aliphatic carbocycles. The van der Waals surface area contributed by atoms with E-state index in [1.165, 1.54) is 45.2 Å². The van der Waals surface area contributed by atoms with Crippen molar-refractivity contribution < 1.29 is 27.5 Å². The van der Waals surface area contributed by atoms with E-state index in [0.29, 0.717) is 17.2 Å². The fourth-order valence-corrected chi connectivity index (χ4v) is 4.55. The second-order valence-corrected chi connectivity index (χ2v) is 9.27. The van der Waals surface area contributed by atoms with Gasteiger partial charge < -0.3 is 15.8 Å². The van der Waals surface area contributed by atoms with Crippen LogP contribution in [-0.2, 0) is 13.2 Å². The topological polar surface area (TPSA) is 139 Å². The van der Waals surface area contributed by atoms with Crippen LogP contribution in [-0.4, -0.2) is 42.5 Å². The molecule has 0 aliphatic rings. The average Bonchev–Trinajstić information content (AvgIpc) is 3.43. The molecule has 0 saturated carbocycles. The van der Waals surface area contributed by atoms with Crippen molar-refractivity contribution in [1.29, 1.82) is 0 Å². The summed E-state index contributed by atoms with van der Waals surface area (Å²) in [7, 11) is 1.53. The highest BCUT2D eigenvalue weighted by Crippen LogP contribution is 2.38. The molecule has 0 spiro atoms. The molecule has 0 unspecified atom stereocenters. The molecule has 2 aromatic heterocycles. The fourth-order valence-electron chi connectivity index (χ4n) is 4.55. The molecule has 5 aromatic rings. The molecule has 14 heteroatoms. The van der Waals surface area contributed by atoms with Gasteiger partial charge in [0.2, 0.25) is 11.8 Å². The van der Waals surface area contributed by atoms with Crippen LogP contribution in [0.25, 0.3) is 22.3 Å². The number of anilines is 1. The molecule has 0 bridgehead atoms. The Labute approximate surface area is 235 Å². The van der Waals surface area contributed by atoms with Gasteiger partial charge in [-0.25, -0.2) is 14.0 Å².